The maximum Gasteiger partial charge on any atom is 0.311 e. The summed E-state index contributed by atoms with van der Waals surface area (Å²) in [5.74, 6) is -1.03. The molecule has 0 bridgehead atoms. The minimum Gasteiger partial charge on any atom is -0.481 e. The Hall–Kier alpha value is -2.41. The fourth-order valence-corrected chi connectivity index (χ4v) is 3.09. The monoisotopic (exact) mass is 300 g/mol. The number of carboxylic acid groups (broad SMARTS) is 1. The number of imidazole rings is 1. The van der Waals surface area contributed by atoms with E-state index in [0.717, 1.165) is 11.1 Å². The van der Waals surface area contributed by atoms with E-state index in [2.05, 4.69) is 19.9 Å². The molecule has 21 heavy (non-hydrogen) atoms. The maximum atomic E-state index is 11.5. The number of fused-ring (bicyclic) bond motifs is 1. The lowest BCUT2D eigenvalue weighted by Gasteiger charge is -2.12. The Morgan fingerprint density at radius 2 is 2.05 bits per heavy atom. The molecule has 2 N–H and O–H groups in total. The number of rotatable bonds is 5. The summed E-state index contributed by atoms with van der Waals surface area (Å²) in [5, 5.41) is 10.1. The van der Waals surface area contributed by atoms with E-state index in [0.29, 0.717) is 16.4 Å². The molecule has 7 heteroatoms. The molecule has 0 fully saturated rings. The third-order valence-electron chi connectivity index (χ3n) is 3.07. The molecule has 0 spiro atoms. The third-order valence-corrected chi connectivity index (χ3v) is 4.16. The van der Waals surface area contributed by atoms with Gasteiger partial charge in [-0.3, -0.25) is 4.79 Å². The van der Waals surface area contributed by atoms with E-state index in [1.54, 1.807) is 6.33 Å². The number of carboxylic acids is 1. The number of hydrogen-bond donors (Lipinski definition) is 2. The number of thioether (sulfide) groups is 1. The number of carbonyl (C=O) groups is 1. The zero-order chi connectivity index (χ0) is 14.7. The second-order valence-corrected chi connectivity index (χ2v) is 5.40. The van der Waals surface area contributed by atoms with Crippen molar-refractivity contribution in [2.24, 2.45) is 0 Å². The van der Waals surface area contributed by atoms with Crippen molar-refractivity contribution in [3.05, 3.63) is 48.5 Å². The SMILES string of the molecule is O=C(O)C(CSc1ncnc2nc[nH]c12)c1ccccc1. The topological polar surface area (TPSA) is 91.8 Å². The molecule has 1 atom stereocenters. The van der Waals surface area contributed by atoms with Crippen molar-refractivity contribution in [1.29, 1.82) is 0 Å². The van der Waals surface area contributed by atoms with Crippen molar-refractivity contribution < 1.29 is 9.90 Å². The standard InChI is InChI=1S/C14H12N4O2S/c19-14(20)10(9-4-2-1-3-5-9)6-21-13-11-12(16-7-15-11)17-8-18-13/h1-5,7-8,10H,6H2,(H,19,20)(H,15,16,17,18). The number of nitrogens with one attached hydrogen (secondary N) is 1. The summed E-state index contributed by atoms with van der Waals surface area (Å²) in [6.07, 6.45) is 2.99. The van der Waals surface area contributed by atoms with Gasteiger partial charge in [-0.15, -0.1) is 11.8 Å². The summed E-state index contributed by atoms with van der Waals surface area (Å²) in [6.45, 7) is 0. The van der Waals surface area contributed by atoms with Gasteiger partial charge in [0, 0.05) is 5.75 Å². The highest BCUT2D eigenvalue weighted by Crippen LogP contribution is 2.28. The fraction of sp³-hybridized carbons (Fsp3) is 0.143. The Bertz CT molecular complexity index is 760. The Balaban J connectivity index is 1.82. The van der Waals surface area contributed by atoms with Crippen LogP contribution in [0.1, 0.15) is 11.5 Å². The van der Waals surface area contributed by atoms with Crippen LogP contribution < -0.4 is 0 Å². The zero-order valence-electron chi connectivity index (χ0n) is 10.9. The second-order valence-electron chi connectivity index (χ2n) is 4.39. The Kier molecular flexibility index (Phi) is 3.83. The Labute approximate surface area is 124 Å². The summed E-state index contributed by atoms with van der Waals surface area (Å²) in [5.41, 5.74) is 2.10. The number of H-pyrrole nitrogens is 1. The third kappa shape index (κ3) is 2.87. The average molecular weight is 300 g/mol. The lowest BCUT2D eigenvalue weighted by Crippen LogP contribution is -2.14. The average Bonchev–Trinajstić information content (AvgIpc) is 2.97. The molecule has 2 heterocycles. The van der Waals surface area contributed by atoms with Crippen LogP contribution >= 0.6 is 11.8 Å². The maximum absolute atomic E-state index is 11.5. The molecule has 3 aromatic rings. The lowest BCUT2D eigenvalue weighted by molar-refractivity contribution is -0.138. The highest BCUT2D eigenvalue weighted by Gasteiger charge is 2.21. The number of hydrogen-bond acceptors (Lipinski definition) is 5. The summed E-state index contributed by atoms with van der Waals surface area (Å²) < 4.78 is 0. The molecular weight excluding hydrogens is 288 g/mol. The summed E-state index contributed by atoms with van der Waals surface area (Å²) in [4.78, 5) is 26.7. The van der Waals surface area contributed by atoms with Gasteiger partial charge in [-0.1, -0.05) is 30.3 Å². The fourth-order valence-electron chi connectivity index (χ4n) is 2.01. The number of benzene rings is 1. The predicted molar refractivity (Wildman–Crippen MR) is 79.2 cm³/mol. The number of aromatic amines is 1. The highest BCUT2D eigenvalue weighted by molar-refractivity contribution is 7.99. The van der Waals surface area contributed by atoms with Gasteiger partial charge >= 0.3 is 5.97 Å². The molecule has 0 saturated carbocycles. The van der Waals surface area contributed by atoms with E-state index in [-0.39, 0.29) is 0 Å². The molecule has 0 amide bonds. The number of aliphatic carboxylic acids is 1. The van der Waals surface area contributed by atoms with Crippen LogP contribution in [0.2, 0.25) is 0 Å². The minimum absolute atomic E-state index is 0.393. The van der Waals surface area contributed by atoms with Crippen LogP contribution in [0, 0.1) is 0 Å². The molecule has 6 nitrogen and oxygen atoms in total. The van der Waals surface area contributed by atoms with Crippen LogP contribution in [0.25, 0.3) is 11.2 Å². The van der Waals surface area contributed by atoms with E-state index in [1.165, 1.54) is 18.1 Å². The van der Waals surface area contributed by atoms with Gasteiger partial charge in [-0.05, 0) is 5.56 Å². The van der Waals surface area contributed by atoms with Crippen molar-refractivity contribution in [2.75, 3.05) is 5.75 Å². The van der Waals surface area contributed by atoms with E-state index in [9.17, 15) is 9.90 Å². The molecule has 0 saturated heterocycles. The molecule has 0 radical (unpaired) electrons. The molecular formula is C14H12N4O2S. The largest absolute Gasteiger partial charge is 0.481 e. The van der Waals surface area contributed by atoms with Crippen LogP contribution in [-0.2, 0) is 4.79 Å². The van der Waals surface area contributed by atoms with Crippen LogP contribution in [0.15, 0.2) is 48.0 Å². The molecule has 0 aliphatic rings. The smallest absolute Gasteiger partial charge is 0.311 e. The van der Waals surface area contributed by atoms with Gasteiger partial charge in [-0.2, -0.15) is 0 Å². The quantitative estimate of drug-likeness (QED) is 0.555. The first-order valence-corrected chi connectivity index (χ1v) is 7.29. The van der Waals surface area contributed by atoms with Crippen LogP contribution in [0.4, 0.5) is 0 Å². The first-order valence-electron chi connectivity index (χ1n) is 6.30. The van der Waals surface area contributed by atoms with Crippen molar-refractivity contribution >= 4 is 28.9 Å². The highest BCUT2D eigenvalue weighted by atomic mass is 32.2. The van der Waals surface area contributed by atoms with Gasteiger partial charge in [-0.25, -0.2) is 15.0 Å². The van der Waals surface area contributed by atoms with Crippen molar-refractivity contribution in [2.45, 2.75) is 10.9 Å². The van der Waals surface area contributed by atoms with Crippen LogP contribution in [0.3, 0.4) is 0 Å². The number of aromatic nitrogens is 4. The molecule has 3 rings (SSSR count). The molecule has 0 aliphatic carbocycles. The Morgan fingerprint density at radius 1 is 1.24 bits per heavy atom. The van der Waals surface area contributed by atoms with E-state index >= 15 is 0 Å². The van der Waals surface area contributed by atoms with Gasteiger partial charge in [0.2, 0.25) is 0 Å². The Morgan fingerprint density at radius 3 is 2.81 bits per heavy atom. The molecule has 0 aliphatic heterocycles. The van der Waals surface area contributed by atoms with E-state index in [1.807, 2.05) is 30.3 Å². The summed E-state index contributed by atoms with van der Waals surface area (Å²) in [6, 6.07) is 9.20. The molecule has 1 aromatic carbocycles. The normalized spacial score (nSPS) is 12.4. The van der Waals surface area contributed by atoms with E-state index in [4.69, 9.17) is 0 Å². The van der Waals surface area contributed by atoms with Gasteiger partial charge in [0.1, 0.15) is 16.9 Å². The predicted octanol–water partition coefficient (Wildman–Crippen LogP) is 2.31. The molecule has 106 valence electrons. The molecule has 1 unspecified atom stereocenters. The first kappa shape index (κ1) is 13.6. The van der Waals surface area contributed by atoms with Gasteiger partial charge in [0.05, 0.1) is 12.2 Å². The minimum atomic E-state index is -0.844. The second kappa shape index (κ2) is 5.92. The van der Waals surface area contributed by atoms with E-state index < -0.39 is 11.9 Å². The molecule has 2 aromatic heterocycles. The van der Waals surface area contributed by atoms with Crippen LogP contribution in [0.5, 0.6) is 0 Å². The van der Waals surface area contributed by atoms with Gasteiger partial charge < -0.3 is 10.1 Å². The van der Waals surface area contributed by atoms with Gasteiger partial charge in [0.15, 0.2) is 5.65 Å². The lowest BCUT2D eigenvalue weighted by atomic mass is 10.0. The van der Waals surface area contributed by atoms with Crippen molar-refractivity contribution in [1.82, 2.24) is 19.9 Å². The zero-order valence-corrected chi connectivity index (χ0v) is 11.7. The summed E-state index contributed by atoms with van der Waals surface area (Å²) >= 11 is 1.38. The first-order chi connectivity index (χ1) is 10.3. The van der Waals surface area contributed by atoms with Crippen molar-refractivity contribution in [3.63, 3.8) is 0 Å². The number of nitrogens with zero attached hydrogens (tertiary/aromatic N) is 3. The summed E-state index contributed by atoms with van der Waals surface area (Å²) in [7, 11) is 0. The van der Waals surface area contributed by atoms with Gasteiger partial charge in [0.25, 0.3) is 0 Å². The van der Waals surface area contributed by atoms with Crippen molar-refractivity contribution in [3.8, 4) is 0 Å². The van der Waals surface area contributed by atoms with Crippen LogP contribution in [-0.4, -0.2) is 36.8 Å².